The fourth-order valence-corrected chi connectivity index (χ4v) is 3.87. The van der Waals surface area contributed by atoms with Crippen LogP contribution in [0.15, 0.2) is 59.8 Å². The number of carbonyl (C=O) groups excluding carboxylic acids is 1. The second-order valence-electron chi connectivity index (χ2n) is 7.19. The summed E-state index contributed by atoms with van der Waals surface area (Å²) in [4.78, 5) is 26.2. The van der Waals surface area contributed by atoms with Gasteiger partial charge in [-0.25, -0.2) is 13.9 Å². The molecule has 2 aromatic heterocycles. The van der Waals surface area contributed by atoms with E-state index < -0.39 is 20.5 Å². The van der Waals surface area contributed by atoms with Crippen LogP contribution in [-0.2, 0) is 21.2 Å². The number of sulfone groups is 1. The van der Waals surface area contributed by atoms with Crippen LogP contribution in [0.3, 0.4) is 0 Å². The fraction of sp³-hybridized carbons (Fsp3) is 0.263. The predicted molar refractivity (Wildman–Crippen MR) is 110 cm³/mol. The summed E-state index contributed by atoms with van der Waals surface area (Å²) in [7, 11) is -3.85. The van der Waals surface area contributed by atoms with Gasteiger partial charge in [0.2, 0.25) is 6.20 Å². The third-order valence-electron chi connectivity index (χ3n) is 5.21. The monoisotopic (exact) mass is 447 g/mol. The molecule has 3 aromatic rings. The van der Waals surface area contributed by atoms with E-state index in [1.54, 1.807) is 30.3 Å². The summed E-state index contributed by atoms with van der Waals surface area (Å²) in [6.45, 7) is 1.15. The Bertz CT molecular complexity index is 1270. The van der Waals surface area contributed by atoms with E-state index in [0.717, 1.165) is 11.8 Å². The maximum atomic E-state index is 12.5. The number of hydroxylamine groups is 1. The highest BCUT2D eigenvalue weighted by atomic mass is 32.2. The van der Waals surface area contributed by atoms with Gasteiger partial charge in [-0.15, -0.1) is 0 Å². The third kappa shape index (κ3) is 4.34. The van der Waals surface area contributed by atoms with Gasteiger partial charge in [-0.1, -0.05) is 12.1 Å². The standard InChI is InChI=1S/C19H21N5O6S/c1-19(18(26)21-27,31(2,29)30)8-11-22-10-7-15(13-17(22)25)14-3-5-16(6-4-14)24-20-9-12-23(24)28/h3-7,9-10,12-13,27H,8,11H2,1-2H3,(H,21,26). The molecule has 0 aliphatic heterocycles. The highest BCUT2D eigenvalue weighted by Gasteiger charge is 2.43. The molecule has 31 heavy (non-hydrogen) atoms. The summed E-state index contributed by atoms with van der Waals surface area (Å²) < 4.78 is 23.5. The van der Waals surface area contributed by atoms with E-state index in [0.29, 0.717) is 16.1 Å². The smallest absolute Gasteiger partial charge is 0.264 e. The van der Waals surface area contributed by atoms with Crippen LogP contribution in [0.5, 0.6) is 0 Å². The molecule has 0 spiro atoms. The van der Waals surface area contributed by atoms with Gasteiger partial charge in [0.05, 0.1) is 0 Å². The molecular weight excluding hydrogens is 426 g/mol. The van der Waals surface area contributed by atoms with E-state index in [9.17, 15) is 23.2 Å². The van der Waals surface area contributed by atoms with Gasteiger partial charge in [0.15, 0.2) is 20.8 Å². The maximum absolute atomic E-state index is 12.5. The number of carbonyl (C=O) groups is 1. The summed E-state index contributed by atoms with van der Waals surface area (Å²) in [5.41, 5.74) is 2.91. The van der Waals surface area contributed by atoms with Crippen LogP contribution >= 0.6 is 0 Å². The molecule has 1 unspecified atom stereocenters. The molecule has 3 rings (SSSR count). The molecule has 1 amide bonds. The molecule has 0 aliphatic rings. The van der Waals surface area contributed by atoms with Crippen LogP contribution in [0.1, 0.15) is 13.3 Å². The van der Waals surface area contributed by atoms with Crippen molar-refractivity contribution in [3.63, 3.8) is 0 Å². The van der Waals surface area contributed by atoms with Crippen molar-refractivity contribution in [2.75, 3.05) is 6.26 Å². The second kappa shape index (κ2) is 8.32. The van der Waals surface area contributed by atoms with E-state index in [-0.39, 0.29) is 18.5 Å². The SMILES string of the molecule is CC(CCn1ccc(-c2ccc(-n3ncc[n+]3[O-])cc2)cc1=O)(C(=O)NO)S(C)(=O)=O. The van der Waals surface area contributed by atoms with Crippen molar-refractivity contribution in [3.8, 4) is 16.8 Å². The maximum Gasteiger partial charge on any atom is 0.264 e. The number of hydrogen-bond donors (Lipinski definition) is 2. The fourth-order valence-electron chi connectivity index (χ4n) is 3.02. The molecule has 0 radical (unpaired) electrons. The number of rotatable bonds is 7. The van der Waals surface area contributed by atoms with Crippen molar-refractivity contribution in [3.05, 3.63) is 70.5 Å². The number of nitrogens with zero attached hydrogens (tertiary/aromatic N) is 4. The van der Waals surface area contributed by atoms with Gasteiger partial charge in [-0.05, 0) is 47.5 Å². The van der Waals surface area contributed by atoms with Gasteiger partial charge in [0, 0.05) is 30.2 Å². The van der Waals surface area contributed by atoms with Crippen molar-refractivity contribution < 1.29 is 23.3 Å². The lowest BCUT2D eigenvalue weighted by Crippen LogP contribution is -2.49. The second-order valence-corrected chi connectivity index (χ2v) is 9.64. The quantitative estimate of drug-likeness (QED) is 0.224. The molecular formula is C19H21N5O6S. The highest BCUT2D eigenvalue weighted by Crippen LogP contribution is 2.23. The lowest BCUT2D eigenvalue weighted by molar-refractivity contribution is -0.688. The van der Waals surface area contributed by atoms with Crippen LogP contribution < -0.4 is 15.9 Å². The first kappa shape index (κ1) is 22.2. The first-order valence-electron chi connectivity index (χ1n) is 9.16. The van der Waals surface area contributed by atoms with Crippen LogP contribution in [0, 0.1) is 5.21 Å². The van der Waals surface area contributed by atoms with E-state index in [1.807, 2.05) is 0 Å². The molecule has 12 heteroatoms. The summed E-state index contributed by atoms with van der Waals surface area (Å²) in [6, 6.07) is 9.92. The topological polar surface area (TPSA) is 150 Å². The van der Waals surface area contributed by atoms with Crippen LogP contribution in [0.4, 0.5) is 0 Å². The van der Waals surface area contributed by atoms with Crippen molar-refractivity contribution in [1.29, 1.82) is 0 Å². The lowest BCUT2D eigenvalue weighted by atomic mass is 10.1. The Morgan fingerprint density at radius 3 is 2.45 bits per heavy atom. The molecule has 0 saturated carbocycles. The Kier molecular flexibility index (Phi) is 5.95. The zero-order valence-corrected chi connectivity index (χ0v) is 17.6. The zero-order valence-electron chi connectivity index (χ0n) is 16.8. The minimum Gasteiger partial charge on any atom is -0.692 e. The number of aromatic nitrogens is 4. The van der Waals surface area contributed by atoms with E-state index >= 15 is 0 Å². The van der Waals surface area contributed by atoms with Crippen LogP contribution in [0.25, 0.3) is 16.8 Å². The summed E-state index contributed by atoms with van der Waals surface area (Å²) >= 11 is 0. The molecule has 11 nitrogen and oxygen atoms in total. The Morgan fingerprint density at radius 2 is 1.94 bits per heavy atom. The van der Waals surface area contributed by atoms with Gasteiger partial charge in [0.1, 0.15) is 5.69 Å². The molecule has 2 N–H and O–H groups in total. The van der Waals surface area contributed by atoms with E-state index in [1.165, 1.54) is 46.4 Å². The van der Waals surface area contributed by atoms with Crippen molar-refractivity contribution in [1.82, 2.24) is 19.9 Å². The van der Waals surface area contributed by atoms with Crippen molar-refractivity contribution >= 4 is 15.7 Å². The minimum atomic E-state index is -3.85. The Hall–Kier alpha value is -3.51. The predicted octanol–water partition coefficient (Wildman–Crippen LogP) is 0.0332. The number of hydrogen-bond acceptors (Lipinski definition) is 7. The lowest BCUT2D eigenvalue weighted by Gasteiger charge is -2.25. The Morgan fingerprint density at radius 1 is 1.26 bits per heavy atom. The summed E-state index contributed by atoms with van der Waals surface area (Å²) in [6.07, 6.45) is 4.84. The normalized spacial score (nSPS) is 13.5. The molecule has 0 bridgehead atoms. The molecule has 1 atom stereocenters. The number of amides is 1. The Balaban J connectivity index is 1.81. The van der Waals surface area contributed by atoms with Crippen LogP contribution in [0.2, 0.25) is 0 Å². The van der Waals surface area contributed by atoms with Gasteiger partial charge in [-0.2, -0.15) is 4.85 Å². The average molecular weight is 447 g/mol. The minimum absolute atomic E-state index is 0.0438. The molecule has 0 fully saturated rings. The summed E-state index contributed by atoms with van der Waals surface area (Å²) in [5, 5.41) is 24.4. The molecule has 0 aliphatic carbocycles. The summed E-state index contributed by atoms with van der Waals surface area (Å²) in [5.74, 6) is -1.06. The van der Waals surface area contributed by atoms with E-state index in [2.05, 4.69) is 5.10 Å². The van der Waals surface area contributed by atoms with Gasteiger partial charge in [-0.3, -0.25) is 14.8 Å². The third-order valence-corrected chi connectivity index (χ3v) is 7.24. The molecule has 2 heterocycles. The Labute approximate surface area is 177 Å². The molecule has 1 aromatic carbocycles. The number of nitrogens with one attached hydrogen (secondary N) is 1. The number of aryl methyl sites for hydroxylation is 1. The van der Waals surface area contributed by atoms with Gasteiger partial charge in [0.25, 0.3) is 11.5 Å². The van der Waals surface area contributed by atoms with Crippen LogP contribution in [-0.4, -0.2) is 45.0 Å². The van der Waals surface area contributed by atoms with Gasteiger partial charge < -0.3 is 9.77 Å². The van der Waals surface area contributed by atoms with Gasteiger partial charge >= 0.3 is 0 Å². The average Bonchev–Trinajstić information content (AvgIpc) is 3.17. The zero-order chi connectivity index (χ0) is 22.8. The number of benzene rings is 1. The first-order valence-corrected chi connectivity index (χ1v) is 11.0. The first-order chi connectivity index (χ1) is 14.6. The van der Waals surface area contributed by atoms with Crippen molar-refractivity contribution in [2.24, 2.45) is 0 Å². The number of pyridine rings is 1. The van der Waals surface area contributed by atoms with E-state index in [4.69, 9.17) is 5.21 Å². The molecule has 164 valence electrons. The molecule has 0 saturated heterocycles. The largest absolute Gasteiger partial charge is 0.692 e. The highest BCUT2D eigenvalue weighted by molar-refractivity contribution is 7.92. The van der Waals surface area contributed by atoms with Crippen molar-refractivity contribution in [2.45, 2.75) is 24.6 Å².